The average Bonchev–Trinajstić information content (AvgIpc) is 2.54. The topological polar surface area (TPSA) is 80.2 Å². The van der Waals surface area contributed by atoms with E-state index < -0.39 is 0 Å². The lowest BCUT2D eigenvalue weighted by molar-refractivity contribution is -0.122. The van der Waals surface area contributed by atoms with Crippen LogP contribution in [-0.4, -0.2) is 36.6 Å². The lowest BCUT2D eigenvalue weighted by Gasteiger charge is -2.22. The van der Waals surface area contributed by atoms with Crippen molar-refractivity contribution in [2.75, 3.05) is 19.0 Å². The van der Waals surface area contributed by atoms with Gasteiger partial charge in [0.15, 0.2) is 0 Å². The number of rotatable bonds is 5. The Kier molecular flexibility index (Phi) is 5.57. The number of ether oxygens (including phenoxy) is 2. The third-order valence-corrected chi connectivity index (χ3v) is 3.48. The number of nitrogens with zero attached hydrogens (tertiary/aromatic N) is 1. The van der Waals surface area contributed by atoms with Crippen LogP contribution in [-0.2, 0) is 9.53 Å². The second-order valence-electron chi connectivity index (χ2n) is 4.95. The molecule has 1 aromatic carbocycles. The summed E-state index contributed by atoms with van der Waals surface area (Å²) < 4.78 is 10.6. The quantitative estimate of drug-likeness (QED) is 0.645. The van der Waals surface area contributed by atoms with Gasteiger partial charge in [-0.2, -0.15) is 0 Å². The zero-order valence-electron chi connectivity index (χ0n) is 12.0. The summed E-state index contributed by atoms with van der Waals surface area (Å²) in [6.07, 6.45) is 3.07. The van der Waals surface area contributed by atoms with Gasteiger partial charge in [0, 0.05) is 5.69 Å². The molecule has 2 rings (SSSR count). The van der Waals surface area contributed by atoms with Gasteiger partial charge < -0.3 is 20.0 Å². The van der Waals surface area contributed by atoms with Crippen LogP contribution in [0.1, 0.15) is 25.7 Å². The summed E-state index contributed by atoms with van der Waals surface area (Å²) in [5.74, 6) is 0.564. The Morgan fingerprint density at radius 1 is 1.33 bits per heavy atom. The maximum Gasteiger partial charge on any atom is 0.250 e. The summed E-state index contributed by atoms with van der Waals surface area (Å²) in [5.41, 5.74) is 1.51. The molecular weight excluding hydrogens is 272 g/mol. The van der Waals surface area contributed by atoms with Gasteiger partial charge in [-0.05, 0) is 49.9 Å². The monoisotopic (exact) mass is 292 g/mol. The molecule has 0 atom stereocenters. The lowest BCUT2D eigenvalue weighted by Crippen LogP contribution is -2.26. The third kappa shape index (κ3) is 4.75. The zero-order chi connectivity index (χ0) is 15.1. The molecule has 0 saturated heterocycles. The number of anilines is 1. The summed E-state index contributed by atoms with van der Waals surface area (Å²) in [5, 5.41) is 14.7. The van der Waals surface area contributed by atoms with Crippen molar-refractivity contribution in [3.63, 3.8) is 0 Å². The summed E-state index contributed by atoms with van der Waals surface area (Å²) in [4.78, 5) is 11.8. The molecule has 0 unspecified atom stereocenters. The van der Waals surface area contributed by atoms with Gasteiger partial charge in [-0.3, -0.25) is 4.79 Å². The minimum atomic E-state index is -0.179. The predicted octanol–water partition coefficient (Wildman–Crippen LogP) is 2.42. The van der Waals surface area contributed by atoms with Crippen LogP contribution in [0.2, 0.25) is 0 Å². The fourth-order valence-electron chi connectivity index (χ4n) is 2.26. The van der Waals surface area contributed by atoms with Crippen LogP contribution >= 0.6 is 0 Å². The van der Waals surface area contributed by atoms with Crippen molar-refractivity contribution in [3.8, 4) is 5.75 Å². The summed E-state index contributed by atoms with van der Waals surface area (Å²) >= 11 is 0. The van der Waals surface area contributed by atoms with Gasteiger partial charge in [-0.25, -0.2) is 0 Å². The number of hydrogen-bond donors (Lipinski definition) is 2. The van der Waals surface area contributed by atoms with Gasteiger partial charge in [0.2, 0.25) is 5.91 Å². The zero-order valence-corrected chi connectivity index (χ0v) is 12.0. The van der Waals surface area contributed by atoms with E-state index in [-0.39, 0.29) is 18.6 Å². The van der Waals surface area contributed by atoms with E-state index >= 15 is 0 Å². The Labute approximate surface area is 123 Å². The van der Waals surface area contributed by atoms with Crippen molar-refractivity contribution in [3.05, 3.63) is 24.3 Å². The molecule has 6 heteroatoms. The van der Waals surface area contributed by atoms with E-state index in [0.29, 0.717) is 5.69 Å². The molecule has 0 aliphatic heterocycles. The summed E-state index contributed by atoms with van der Waals surface area (Å²) in [7, 11) is 1.60. The van der Waals surface area contributed by atoms with Crippen molar-refractivity contribution in [2.24, 2.45) is 5.16 Å². The van der Waals surface area contributed by atoms with Crippen molar-refractivity contribution in [2.45, 2.75) is 31.8 Å². The molecule has 1 amide bonds. The van der Waals surface area contributed by atoms with E-state index in [9.17, 15) is 4.79 Å². The number of nitrogens with one attached hydrogen (secondary N) is 1. The highest BCUT2D eigenvalue weighted by atomic mass is 16.5. The molecule has 0 heterocycles. The van der Waals surface area contributed by atoms with E-state index in [2.05, 4.69) is 10.5 Å². The van der Waals surface area contributed by atoms with E-state index in [0.717, 1.165) is 37.1 Å². The maximum atomic E-state index is 11.8. The first-order valence-corrected chi connectivity index (χ1v) is 6.96. The lowest BCUT2D eigenvalue weighted by atomic mass is 9.96. The number of carbonyl (C=O) groups is 1. The molecule has 0 aromatic heterocycles. The molecule has 0 bridgehead atoms. The first-order valence-electron chi connectivity index (χ1n) is 6.96. The van der Waals surface area contributed by atoms with Gasteiger partial charge in [0.05, 0.1) is 18.9 Å². The number of carbonyl (C=O) groups excluding carboxylic acids is 1. The summed E-state index contributed by atoms with van der Waals surface area (Å²) in [6, 6.07) is 7.13. The van der Waals surface area contributed by atoms with Gasteiger partial charge in [-0.15, -0.1) is 0 Å². The van der Waals surface area contributed by atoms with Gasteiger partial charge in [0.25, 0.3) is 0 Å². The smallest absolute Gasteiger partial charge is 0.250 e. The predicted molar refractivity (Wildman–Crippen MR) is 79.1 cm³/mol. The third-order valence-electron chi connectivity index (χ3n) is 3.48. The van der Waals surface area contributed by atoms with Crippen LogP contribution in [0.3, 0.4) is 0 Å². The standard InChI is InChI=1S/C15H20N2O4/c1-20-13-6-2-11(3-7-13)16-15(18)10-21-14-8-4-12(17-19)5-9-14/h2-3,6-7,14,19H,4-5,8-10H2,1H3,(H,16,18). The van der Waals surface area contributed by atoms with Crippen LogP contribution in [0.5, 0.6) is 5.75 Å². The van der Waals surface area contributed by atoms with Crippen LogP contribution in [0, 0.1) is 0 Å². The van der Waals surface area contributed by atoms with E-state index in [1.54, 1.807) is 31.4 Å². The van der Waals surface area contributed by atoms with E-state index in [1.807, 2.05) is 0 Å². The molecular formula is C15H20N2O4. The van der Waals surface area contributed by atoms with Crippen LogP contribution in [0.15, 0.2) is 29.4 Å². The average molecular weight is 292 g/mol. The second kappa shape index (κ2) is 7.64. The van der Waals surface area contributed by atoms with Crippen molar-refractivity contribution in [1.82, 2.24) is 0 Å². The Bertz CT molecular complexity index is 489. The normalized spacial score (nSPS) is 18.1. The number of amides is 1. The first kappa shape index (κ1) is 15.3. The maximum absolute atomic E-state index is 11.8. The molecule has 0 radical (unpaired) electrons. The SMILES string of the molecule is COc1ccc(NC(=O)COC2CCC(=NO)CC2)cc1. The Morgan fingerprint density at radius 2 is 2.00 bits per heavy atom. The largest absolute Gasteiger partial charge is 0.497 e. The molecule has 21 heavy (non-hydrogen) atoms. The number of methoxy groups -OCH3 is 1. The highest BCUT2D eigenvalue weighted by Gasteiger charge is 2.19. The number of oxime groups is 1. The first-order chi connectivity index (χ1) is 10.2. The molecule has 1 aromatic rings. The molecule has 1 saturated carbocycles. The Balaban J connectivity index is 1.72. The van der Waals surface area contributed by atoms with Crippen LogP contribution < -0.4 is 10.1 Å². The molecule has 6 nitrogen and oxygen atoms in total. The minimum absolute atomic E-state index is 0.0301. The van der Waals surface area contributed by atoms with Crippen molar-refractivity contribution < 1.29 is 19.5 Å². The van der Waals surface area contributed by atoms with Crippen molar-refractivity contribution in [1.29, 1.82) is 0 Å². The fourth-order valence-corrected chi connectivity index (χ4v) is 2.26. The summed E-state index contributed by atoms with van der Waals surface area (Å²) in [6.45, 7) is 0.0301. The molecule has 2 N–H and O–H groups in total. The number of hydrogen-bond acceptors (Lipinski definition) is 5. The van der Waals surface area contributed by atoms with Crippen LogP contribution in [0.4, 0.5) is 5.69 Å². The van der Waals surface area contributed by atoms with E-state index in [1.165, 1.54) is 0 Å². The fraction of sp³-hybridized carbons (Fsp3) is 0.467. The van der Waals surface area contributed by atoms with Gasteiger partial charge in [-0.1, -0.05) is 5.16 Å². The number of benzene rings is 1. The molecule has 0 spiro atoms. The highest BCUT2D eigenvalue weighted by molar-refractivity contribution is 5.91. The molecule has 114 valence electrons. The molecule has 1 aliphatic rings. The second-order valence-corrected chi connectivity index (χ2v) is 4.95. The van der Waals surface area contributed by atoms with E-state index in [4.69, 9.17) is 14.7 Å². The Hall–Kier alpha value is -2.08. The van der Waals surface area contributed by atoms with Crippen LogP contribution in [0.25, 0.3) is 0 Å². The Morgan fingerprint density at radius 3 is 2.57 bits per heavy atom. The van der Waals surface area contributed by atoms with Gasteiger partial charge in [0.1, 0.15) is 12.4 Å². The van der Waals surface area contributed by atoms with Gasteiger partial charge >= 0.3 is 0 Å². The molecule has 1 fully saturated rings. The minimum Gasteiger partial charge on any atom is -0.497 e. The van der Waals surface area contributed by atoms with Crippen molar-refractivity contribution >= 4 is 17.3 Å². The molecule has 1 aliphatic carbocycles. The highest BCUT2D eigenvalue weighted by Crippen LogP contribution is 2.19.